The highest BCUT2D eigenvalue weighted by Gasteiger charge is 2.22. The van der Waals surface area contributed by atoms with Gasteiger partial charge in [0.15, 0.2) is 5.82 Å². The Morgan fingerprint density at radius 2 is 1.97 bits per heavy atom. The maximum absolute atomic E-state index is 11.5. The van der Waals surface area contributed by atoms with Gasteiger partial charge in [-0.1, -0.05) is 19.3 Å². The Bertz CT molecular complexity index is 947. The molecule has 3 rings (SSSR count). The van der Waals surface area contributed by atoms with Crippen LogP contribution in [-0.2, 0) is 0 Å². The molecule has 0 atom stereocenters. The first-order valence-corrected chi connectivity index (χ1v) is 10.3. The van der Waals surface area contributed by atoms with Crippen molar-refractivity contribution < 1.29 is 14.4 Å². The number of nitrogens with one attached hydrogen (secondary N) is 1. The monoisotopic (exact) mass is 419 g/mol. The van der Waals surface area contributed by atoms with Crippen molar-refractivity contribution in [2.24, 2.45) is 5.10 Å². The van der Waals surface area contributed by atoms with Crippen molar-refractivity contribution in [1.29, 1.82) is 0 Å². The molecule has 9 nitrogen and oxygen atoms in total. The van der Waals surface area contributed by atoms with Crippen LogP contribution in [-0.4, -0.2) is 39.2 Å². The Morgan fingerprint density at radius 3 is 2.62 bits per heavy atom. The summed E-state index contributed by atoms with van der Waals surface area (Å²) in [7, 11) is 0. The molecule has 0 radical (unpaired) electrons. The molecule has 1 aromatic heterocycles. The van der Waals surface area contributed by atoms with Gasteiger partial charge in [0, 0.05) is 23.6 Å². The van der Waals surface area contributed by atoms with Crippen LogP contribution < -0.4 is 9.47 Å². The summed E-state index contributed by atoms with van der Waals surface area (Å²) in [6, 6.07) is 2.94. The number of H-pyrrole nitrogens is 1. The van der Waals surface area contributed by atoms with E-state index in [1.165, 1.54) is 24.8 Å². The lowest BCUT2D eigenvalue weighted by Crippen LogP contribution is -2.10. The van der Waals surface area contributed by atoms with Gasteiger partial charge in [-0.05, 0) is 38.9 Å². The Morgan fingerprint density at radius 1 is 1.28 bits per heavy atom. The SMILES string of the molecule is CCOc1cc(OCC)c([N+](=O)[O-])cc1/C=N\n1c(C2CCCCC2)n[nH]c1=S. The van der Waals surface area contributed by atoms with E-state index in [0.29, 0.717) is 35.2 Å². The third-order valence-electron chi connectivity index (χ3n) is 4.85. The zero-order valence-corrected chi connectivity index (χ0v) is 17.4. The summed E-state index contributed by atoms with van der Waals surface area (Å²) < 4.78 is 13.0. The molecule has 2 aromatic rings. The lowest BCUT2D eigenvalue weighted by Gasteiger charge is -2.19. The van der Waals surface area contributed by atoms with Crippen LogP contribution in [0.2, 0.25) is 0 Å². The predicted molar refractivity (Wildman–Crippen MR) is 112 cm³/mol. The molecular formula is C19H25N5O4S. The zero-order valence-electron chi connectivity index (χ0n) is 16.6. The number of hydrogen-bond acceptors (Lipinski definition) is 7. The van der Waals surface area contributed by atoms with Crippen molar-refractivity contribution in [1.82, 2.24) is 14.9 Å². The lowest BCUT2D eigenvalue weighted by atomic mass is 9.89. The molecule has 29 heavy (non-hydrogen) atoms. The van der Waals surface area contributed by atoms with Crippen LogP contribution in [0.15, 0.2) is 17.2 Å². The number of aromatic nitrogens is 3. The first-order valence-electron chi connectivity index (χ1n) is 9.84. The molecule has 0 bridgehead atoms. The van der Waals surface area contributed by atoms with Gasteiger partial charge in [-0.2, -0.15) is 14.9 Å². The number of aromatic amines is 1. The quantitative estimate of drug-likeness (QED) is 0.290. The van der Waals surface area contributed by atoms with E-state index in [2.05, 4.69) is 15.3 Å². The number of benzene rings is 1. The second-order valence-electron chi connectivity index (χ2n) is 6.76. The smallest absolute Gasteiger partial charge is 0.311 e. The van der Waals surface area contributed by atoms with Crippen LogP contribution in [0.5, 0.6) is 11.5 Å². The fraction of sp³-hybridized carbons (Fsp3) is 0.526. The van der Waals surface area contributed by atoms with Crippen LogP contribution >= 0.6 is 12.2 Å². The van der Waals surface area contributed by atoms with Crippen molar-refractivity contribution in [2.75, 3.05) is 13.2 Å². The highest BCUT2D eigenvalue weighted by molar-refractivity contribution is 7.71. The third kappa shape index (κ3) is 4.81. The highest BCUT2D eigenvalue weighted by atomic mass is 32.1. The summed E-state index contributed by atoms with van der Waals surface area (Å²) in [6.45, 7) is 4.33. The molecule has 1 aromatic carbocycles. The molecule has 0 unspecified atom stereocenters. The van der Waals surface area contributed by atoms with Crippen LogP contribution in [0.1, 0.15) is 63.3 Å². The van der Waals surface area contributed by atoms with Crippen LogP contribution in [0.3, 0.4) is 0 Å². The van der Waals surface area contributed by atoms with E-state index in [-0.39, 0.29) is 11.4 Å². The number of nitro benzene ring substituents is 1. The Kier molecular flexibility index (Phi) is 6.97. The maximum atomic E-state index is 11.5. The summed E-state index contributed by atoms with van der Waals surface area (Å²) in [4.78, 5) is 11.0. The summed E-state index contributed by atoms with van der Waals surface area (Å²) in [5.74, 6) is 1.72. The second-order valence-corrected chi connectivity index (χ2v) is 7.15. The van der Waals surface area contributed by atoms with Gasteiger partial charge >= 0.3 is 5.69 Å². The van der Waals surface area contributed by atoms with Gasteiger partial charge in [-0.15, -0.1) is 0 Å². The fourth-order valence-corrected chi connectivity index (χ4v) is 3.71. The summed E-state index contributed by atoms with van der Waals surface area (Å²) in [5.41, 5.74) is 0.333. The van der Waals surface area contributed by atoms with Crippen LogP contribution in [0.4, 0.5) is 5.69 Å². The van der Waals surface area contributed by atoms with Crippen molar-refractivity contribution in [3.05, 3.63) is 38.4 Å². The minimum Gasteiger partial charge on any atom is -0.493 e. The third-order valence-corrected chi connectivity index (χ3v) is 5.11. The first kappa shape index (κ1) is 21.0. The van der Waals surface area contributed by atoms with Crippen molar-refractivity contribution in [2.45, 2.75) is 51.9 Å². The summed E-state index contributed by atoms with van der Waals surface area (Å²) >= 11 is 5.34. The molecule has 0 saturated heterocycles. The molecule has 1 heterocycles. The molecule has 0 spiro atoms. The molecule has 1 aliphatic rings. The van der Waals surface area contributed by atoms with Gasteiger partial charge in [0.05, 0.1) is 24.4 Å². The average Bonchev–Trinajstić information content (AvgIpc) is 3.08. The van der Waals surface area contributed by atoms with Gasteiger partial charge in [-0.25, -0.2) is 0 Å². The Labute approximate surface area is 173 Å². The maximum Gasteiger partial charge on any atom is 0.311 e. The number of hydrogen-bond donors (Lipinski definition) is 1. The van der Waals surface area contributed by atoms with Gasteiger partial charge in [0.2, 0.25) is 10.5 Å². The lowest BCUT2D eigenvalue weighted by molar-refractivity contribution is -0.385. The van der Waals surface area contributed by atoms with Gasteiger partial charge in [-0.3, -0.25) is 15.2 Å². The normalized spacial score (nSPS) is 15.0. The predicted octanol–water partition coefficient (Wildman–Crippen LogP) is 4.58. The standard InChI is InChI=1S/C19H25N5O4S/c1-3-27-16-11-17(28-4-2)15(24(25)26)10-14(16)12-20-23-18(21-22-19(23)29)13-8-6-5-7-9-13/h10-13H,3-9H2,1-2H3,(H,22,29)/b20-12-. The van der Waals surface area contributed by atoms with Gasteiger partial charge in [0.1, 0.15) is 5.75 Å². The van der Waals surface area contributed by atoms with E-state index in [1.54, 1.807) is 11.6 Å². The minimum absolute atomic E-state index is 0.139. The molecule has 10 heteroatoms. The van der Waals surface area contributed by atoms with E-state index in [0.717, 1.165) is 31.5 Å². The number of nitro groups is 1. The fourth-order valence-electron chi connectivity index (χ4n) is 3.52. The van der Waals surface area contributed by atoms with E-state index in [1.807, 2.05) is 6.92 Å². The summed E-state index contributed by atoms with van der Waals surface area (Å²) in [5, 5.41) is 23.1. The topological polar surface area (TPSA) is 108 Å². The van der Waals surface area contributed by atoms with Gasteiger partial charge < -0.3 is 9.47 Å². The van der Waals surface area contributed by atoms with Crippen molar-refractivity contribution in [3.63, 3.8) is 0 Å². The minimum atomic E-state index is -0.477. The van der Waals surface area contributed by atoms with E-state index in [4.69, 9.17) is 21.7 Å². The molecule has 156 valence electrons. The second kappa shape index (κ2) is 9.64. The number of nitrogens with zero attached hydrogens (tertiary/aromatic N) is 4. The van der Waals surface area contributed by atoms with Crippen LogP contribution in [0, 0.1) is 14.9 Å². The first-order chi connectivity index (χ1) is 14.0. The number of rotatable bonds is 8. The van der Waals surface area contributed by atoms with Crippen LogP contribution in [0.25, 0.3) is 0 Å². The van der Waals surface area contributed by atoms with E-state index < -0.39 is 4.92 Å². The largest absolute Gasteiger partial charge is 0.493 e. The Balaban J connectivity index is 2.00. The molecule has 1 saturated carbocycles. The number of ether oxygens (including phenoxy) is 2. The Hall–Kier alpha value is -2.75. The van der Waals surface area contributed by atoms with Crippen molar-refractivity contribution >= 4 is 24.1 Å². The molecule has 1 fully saturated rings. The zero-order chi connectivity index (χ0) is 20.8. The molecular weight excluding hydrogens is 394 g/mol. The molecule has 1 aliphatic carbocycles. The highest BCUT2D eigenvalue weighted by Crippen LogP contribution is 2.35. The van der Waals surface area contributed by atoms with E-state index in [9.17, 15) is 10.1 Å². The summed E-state index contributed by atoms with van der Waals surface area (Å²) in [6.07, 6.45) is 7.17. The van der Waals surface area contributed by atoms with Crippen molar-refractivity contribution in [3.8, 4) is 11.5 Å². The molecule has 0 aliphatic heterocycles. The van der Waals surface area contributed by atoms with Gasteiger partial charge in [0.25, 0.3) is 0 Å². The average molecular weight is 420 g/mol. The molecule has 0 amide bonds. The van der Waals surface area contributed by atoms with E-state index >= 15 is 0 Å². The molecule has 1 N–H and O–H groups in total.